The average Bonchev–Trinajstić information content (AvgIpc) is 2.87. The van der Waals surface area contributed by atoms with Gasteiger partial charge in [-0.3, -0.25) is 9.59 Å². The molecular formula is C28H33N5O2. The minimum Gasteiger partial charge on any atom is -0.359 e. The molecule has 0 saturated carbocycles. The molecule has 2 aromatic carbocycles. The summed E-state index contributed by atoms with van der Waals surface area (Å²) in [6.45, 7) is 6.66. The Morgan fingerprint density at radius 2 is 1.74 bits per heavy atom. The molecule has 2 N–H and O–H groups in total. The number of carbonyl (C=O) groups is 2. The van der Waals surface area contributed by atoms with Gasteiger partial charge in [0, 0.05) is 26.7 Å². The molecule has 0 bridgehead atoms. The van der Waals surface area contributed by atoms with Crippen molar-refractivity contribution in [2.45, 2.75) is 25.8 Å². The molecule has 2 atom stereocenters. The summed E-state index contributed by atoms with van der Waals surface area (Å²) in [6.07, 6.45) is 1.71. The molecule has 2 heterocycles. The lowest BCUT2D eigenvalue weighted by Crippen LogP contribution is -2.48. The maximum Gasteiger partial charge on any atom is 0.247 e. The molecule has 7 heteroatoms. The highest BCUT2D eigenvalue weighted by Gasteiger charge is 2.23. The molecule has 1 saturated heterocycles. The van der Waals surface area contributed by atoms with E-state index in [1.54, 1.807) is 17.2 Å². The third-order valence-corrected chi connectivity index (χ3v) is 6.49. The van der Waals surface area contributed by atoms with Crippen molar-refractivity contribution in [1.29, 1.82) is 0 Å². The third-order valence-electron chi connectivity index (χ3n) is 6.49. The maximum absolute atomic E-state index is 13.3. The Hall–Kier alpha value is -3.71. The fraction of sp³-hybridized carbons (Fsp3) is 0.321. The second-order valence-corrected chi connectivity index (χ2v) is 9.19. The fourth-order valence-electron chi connectivity index (χ4n) is 4.14. The lowest BCUT2D eigenvalue weighted by atomic mass is 9.98. The highest BCUT2D eigenvalue weighted by Crippen LogP contribution is 2.21. The summed E-state index contributed by atoms with van der Waals surface area (Å²) in [4.78, 5) is 33.5. The Bertz CT molecular complexity index is 1130. The van der Waals surface area contributed by atoms with Gasteiger partial charge >= 0.3 is 0 Å². The molecule has 0 radical (unpaired) electrons. The molecule has 1 aliphatic rings. The van der Waals surface area contributed by atoms with E-state index < -0.39 is 6.04 Å². The minimum atomic E-state index is -0.513. The van der Waals surface area contributed by atoms with Crippen molar-refractivity contribution >= 4 is 23.3 Å². The summed E-state index contributed by atoms with van der Waals surface area (Å²) in [5, 5.41) is 6.40. The number of anilines is 2. The van der Waals surface area contributed by atoms with Crippen LogP contribution in [0.25, 0.3) is 0 Å². The topological polar surface area (TPSA) is 77.6 Å². The molecule has 1 unspecified atom stereocenters. The van der Waals surface area contributed by atoms with Crippen LogP contribution in [0.5, 0.6) is 0 Å². The zero-order valence-corrected chi connectivity index (χ0v) is 20.6. The Morgan fingerprint density at radius 3 is 2.40 bits per heavy atom. The monoisotopic (exact) mass is 471 g/mol. The highest BCUT2D eigenvalue weighted by molar-refractivity contribution is 5.95. The number of nitrogens with zero attached hydrogens (tertiary/aromatic N) is 3. The van der Waals surface area contributed by atoms with Crippen molar-refractivity contribution in [2.75, 3.05) is 43.4 Å². The van der Waals surface area contributed by atoms with Gasteiger partial charge in [-0.25, -0.2) is 4.98 Å². The molecule has 4 rings (SSSR count). The summed E-state index contributed by atoms with van der Waals surface area (Å²) in [7, 11) is 1.81. The number of rotatable bonds is 8. The summed E-state index contributed by atoms with van der Waals surface area (Å²) in [5.74, 6) is 0.652. The van der Waals surface area contributed by atoms with E-state index in [1.807, 2.05) is 48.3 Å². The van der Waals surface area contributed by atoms with Crippen LogP contribution >= 0.6 is 0 Å². The van der Waals surface area contributed by atoms with Gasteiger partial charge in [0.1, 0.15) is 11.9 Å². The van der Waals surface area contributed by atoms with E-state index >= 15 is 0 Å². The van der Waals surface area contributed by atoms with Gasteiger partial charge in [-0.2, -0.15) is 0 Å². The van der Waals surface area contributed by atoms with Gasteiger partial charge in [0.05, 0.1) is 18.4 Å². The second-order valence-electron chi connectivity index (χ2n) is 9.19. The SMILES string of the molecule is Cc1ccc(C(C)CN[C@@H](C(=O)Nc2ccc(N3CCN(C)C(=O)C3)cn2)c2ccccc2)cc1. The lowest BCUT2D eigenvalue weighted by Gasteiger charge is -2.33. The largest absolute Gasteiger partial charge is 0.359 e. The summed E-state index contributed by atoms with van der Waals surface area (Å²) in [5.41, 5.74) is 4.23. The smallest absolute Gasteiger partial charge is 0.247 e. The van der Waals surface area contributed by atoms with E-state index in [1.165, 1.54) is 11.1 Å². The number of hydrogen-bond acceptors (Lipinski definition) is 5. The average molecular weight is 472 g/mol. The Kier molecular flexibility index (Phi) is 7.77. The van der Waals surface area contributed by atoms with Gasteiger partial charge in [-0.05, 0) is 36.1 Å². The number of aromatic nitrogens is 1. The number of aryl methyl sites for hydroxylation is 1. The van der Waals surface area contributed by atoms with Gasteiger partial charge < -0.3 is 20.4 Å². The minimum absolute atomic E-state index is 0.0882. The number of pyridine rings is 1. The van der Waals surface area contributed by atoms with E-state index in [-0.39, 0.29) is 17.7 Å². The zero-order chi connectivity index (χ0) is 24.8. The first-order valence-corrected chi connectivity index (χ1v) is 12.0. The van der Waals surface area contributed by atoms with E-state index in [0.717, 1.165) is 17.8 Å². The number of piperazine rings is 1. The second kappa shape index (κ2) is 11.1. The van der Waals surface area contributed by atoms with Gasteiger partial charge in [-0.1, -0.05) is 67.1 Å². The van der Waals surface area contributed by atoms with Crippen LogP contribution in [0.2, 0.25) is 0 Å². The standard InChI is InChI=1S/C28H33N5O2/c1-20-9-11-22(12-10-20)21(2)17-30-27(23-7-5-4-6-8-23)28(35)31-25-14-13-24(18-29-25)33-16-15-32(3)26(34)19-33/h4-14,18,21,27,30H,15-17,19H2,1-3H3,(H,29,31,35)/t21?,27-/m1/s1. The maximum atomic E-state index is 13.3. The molecule has 3 aromatic rings. The molecule has 35 heavy (non-hydrogen) atoms. The van der Waals surface area contributed by atoms with Crippen molar-refractivity contribution in [3.05, 3.63) is 89.6 Å². The lowest BCUT2D eigenvalue weighted by molar-refractivity contribution is -0.129. The van der Waals surface area contributed by atoms with Crippen LogP contribution in [0.1, 0.15) is 35.6 Å². The molecule has 182 valence electrons. The number of nitrogens with one attached hydrogen (secondary N) is 2. The van der Waals surface area contributed by atoms with Gasteiger partial charge in [-0.15, -0.1) is 0 Å². The van der Waals surface area contributed by atoms with E-state index in [4.69, 9.17) is 0 Å². The van der Waals surface area contributed by atoms with E-state index in [0.29, 0.717) is 25.5 Å². The van der Waals surface area contributed by atoms with Gasteiger partial charge in [0.15, 0.2) is 0 Å². The number of likely N-dealkylation sites (N-methyl/N-ethyl adjacent to an activating group) is 1. The molecule has 1 fully saturated rings. The summed E-state index contributed by atoms with van der Waals surface area (Å²) >= 11 is 0. The molecule has 1 aliphatic heterocycles. The molecule has 7 nitrogen and oxygen atoms in total. The molecule has 2 amide bonds. The predicted molar refractivity (Wildman–Crippen MR) is 139 cm³/mol. The molecule has 0 spiro atoms. The summed E-state index contributed by atoms with van der Waals surface area (Å²) in [6, 6.07) is 21.4. The molecule has 1 aromatic heterocycles. The normalized spacial score (nSPS) is 15.6. The van der Waals surface area contributed by atoms with Crippen LogP contribution in [-0.4, -0.2) is 54.9 Å². The van der Waals surface area contributed by atoms with Gasteiger partial charge in [0.25, 0.3) is 0 Å². The third kappa shape index (κ3) is 6.25. The van der Waals surface area contributed by atoms with Crippen LogP contribution in [0.4, 0.5) is 11.5 Å². The van der Waals surface area contributed by atoms with Crippen LogP contribution in [0.3, 0.4) is 0 Å². The van der Waals surface area contributed by atoms with E-state index in [2.05, 4.69) is 53.7 Å². The van der Waals surface area contributed by atoms with Crippen molar-refractivity contribution in [2.24, 2.45) is 0 Å². The van der Waals surface area contributed by atoms with Crippen molar-refractivity contribution in [3.8, 4) is 0 Å². The fourth-order valence-corrected chi connectivity index (χ4v) is 4.14. The van der Waals surface area contributed by atoms with Crippen LogP contribution in [0, 0.1) is 6.92 Å². The van der Waals surface area contributed by atoms with Crippen molar-refractivity contribution < 1.29 is 9.59 Å². The van der Waals surface area contributed by atoms with E-state index in [9.17, 15) is 9.59 Å². The Labute approximate surface area is 207 Å². The quantitative estimate of drug-likeness (QED) is 0.523. The first-order chi connectivity index (χ1) is 16.9. The first-order valence-electron chi connectivity index (χ1n) is 12.0. The zero-order valence-electron chi connectivity index (χ0n) is 20.6. The van der Waals surface area contributed by atoms with Crippen LogP contribution < -0.4 is 15.5 Å². The number of amides is 2. The summed E-state index contributed by atoms with van der Waals surface area (Å²) < 4.78 is 0. The van der Waals surface area contributed by atoms with Crippen LogP contribution in [0.15, 0.2) is 72.9 Å². The van der Waals surface area contributed by atoms with Gasteiger partial charge in [0.2, 0.25) is 11.8 Å². The highest BCUT2D eigenvalue weighted by atomic mass is 16.2. The predicted octanol–water partition coefficient (Wildman–Crippen LogP) is 3.74. The Balaban J connectivity index is 1.42. The van der Waals surface area contributed by atoms with Crippen LogP contribution in [-0.2, 0) is 9.59 Å². The first kappa shape index (κ1) is 24.4. The number of benzene rings is 2. The number of carbonyl (C=O) groups excluding carboxylic acids is 2. The van der Waals surface area contributed by atoms with Crippen molar-refractivity contribution in [3.63, 3.8) is 0 Å². The molecule has 0 aliphatic carbocycles. The number of hydrogen-bond donors (Lipinski definition) is 2. The van der Waals surface area contributed by atoms with Crippen molar-refractivity contribution in [1.82, 2.24) is 15.2 Å². The molecular weight excluding hydrogens is 438 g/mol. The Morgan fingerprint density at radius 1 is 1.00 bits per heavy atom.